The van der Waals surface area contributed by atoms with E-state index in [1.54, 1.807) is 25.3 Å². The number of rotatable bonds is 8. The van der Waals surface area contributed by atoms with Crippen molar-refractivity contribution in [3.63, 3.8) is 0 Å². The summed E-state index contributed by atoms with van der Waals surface area (Å²) in [5, 5.41) is 13.2. The third-order valence-electron chi connectivity index (χ3n) is 5.29. The lowest BCUT2D eigenvalue weighted by Gasteiger charge is -2.17. The highest BCUT2D eigenvalue weighted by Gasteiger charge is 2.34. The molecule has 0 radical (unpaired) electrons. The van der Waals surface area contributed by atoms with Crippen molar-refractivity contribution in [1.82, 2.24) is 10.2 Å². The molecule has 8 nitrogen and oxygen atoms in total. The van der Waals surface area contributed by atoms with Gasteiger partial charge in [0.05, 0.1) is 17.7 Å². The first-order valence-electron chi connectivity index (χ1n) is 10.7. The normalized spacial score (nSPS) is 13.8. The van der Waals surface area contributed by atoms with Gasteiger partial charge in [-0.25, -0.2) is 8.78 Å². The monoisotopic (exact) mass is 579 g/mol. The van der Waals surface area contributed by atoms with Crippen LogP contribution in [0.2, 0.25) is 0 Å². The maximum absolute atomic E-state index is 13.7. The van der Waals surface area contributed by atoms with Crippen LogP contribution in [-0.4, -0.2) is 40.4 Å². The standard InChI is InChI=1S/C24H21BrF2N4O4S/c1-13(12-35-2)28-22-7-14(25)3-5-19(22)24(32)29-23-20-11-17(4-6-21(20)30-31-23)36(33,34)18-9-15(26)8-16(27)10-18/h3-11,13H,12H2,1-2H3,(H3-,28,29,30,31,32,33,34)/p+1/t13-/m1/s1. The van der Waals surface area contributed by atoms with Crippen molar-refractivity contribution >= 4 is 54.5 Å². The predicted octanol–water partition coefficient (Wildman–Crippen LogP) is 5.69. The van der Waals surface area contributed by atoms with E-state index in [2.05, 4.69) is 36.8 Å². The van der Waals surface area contributed by atoms with Gasteiger partial charge in [0, 0.05) is 53.0 Å². The molecule has 1 unspecified atom stereocenters. The van der Waals surface area contributed by atoms with Crippen LogP contribution in [0.3, 0.4) is 0 Å². The number of carbonyl (C=O) groups is 1. The number of hydrogen-bond donors (Lipinski definition) is 4. The van der Waals surface area contributed by atoms with Gasteiger partial charge in [-0.2, -0.15) is 9.65 Å². The Bertz CT molecular complexity index is 1480. The number of aromatic amines is 1. The third kappa shape index (κ3) is 5.46. The molecule has 4 N–H and O–H groups in total. The number of nitrogens with zero attached hydrogens (tertiary/aromatic N) is 1. The first kappa shape index (κ1) is 25.9. The highest BCUT2D eigenvalue weighted by atomic mass is 79.9. The molecule has 0 saturated heterocycles. The lowest BCUT2D eigenvalue weighted by atomic mass is 10.1. The van der Waals surface area contributed by atoms with Crippen LogP contribution in [0.5, 0.6) is 0 Å². The Morgan fingerprint density at radius 2 is 1.86 bits per heavy atom. The molecule has 1 amide bonds. The average Bonchev–Trinajstić information content (AvgIpc) is 3.20. The molecule has 36 heavy (non-hydrogen) atoms. The van der Waals surface area contributed by atoms with E-state index in [-0.39, 0.29) is 16.8 Å². The van der Waals surface area contributed by atoms with Gasteiger partial charge in [-0.05, 0) is 37.3 Å². The second-order valence-electron chi connectivity index (χ2n) is 8.06. The van der Waals surface area contributed by atoms with E-state index in [0.29, 0.717) is 34.8 Å². The lowest BCUT2D eigenvalue weighted by molar-refractivity contribution is 0.102. The van der Waals surface area contributed by atoms with Crippen LogP contribution >= 0.6 is 15.9 Å². The van der Waals surface area contributed by atoms with Crippen LogP contribution in [0.15, 0.2) is 68.9 Å². The number of methoxy groups -OCH3 is 1. The van der Waals surface area contributed by atoms with Gasteiger partial charge in [0.15, 0.2) is 10.7 Å². The van der Waals surface area contributed by atoms with Crippen molar-refractivity contribution in [2.45, 2.75) is 22.8 Å². The topological polar surface area (TPSA) is 116 Å². The van der Waals surface area contributed by atoms with Crippen LogP contribution in [0.4, 0.5) is 20.3 Å². The number of fused-ring (bicyclic) bond motifs is 1. The molecule has 0 saturated carbocycles. The third-order valence-corrected chi connectivity index (χ3v) is 7.55. The van der Waals surface area contributed by atoms with Gasteiger partial charge in [0.25, 0.3) is 16.1 Å². The molecule has 0 bridgehead atoms. The minimum atomic E-state index is -3.99. The zero-order valence-corrected chi connectivity index (χ0v) is 21.5. The molecule has 2 atom stereocenters. The zero-order valence-electron chi connectivity index (χ0n) is 19.1. The Morgan fingerprint density at radius 3 is 2.56 bits per heavy atom. The summed E-state index contributed by atoms with van der Waals surface area (Å²) < 4.78 is 57.1. The maximum Gasteiger partial charge on any atom is 0.281 e. The molecule has 4 aromatic rings. The molecule has 0 spiro atoms. The Balaban J connectivity index is 1.67. The van der Waals surface area contributed by atoms with E-state index in [0.717, 1.165) is 16.6 Å². The van der Waals surface area contributed by atoms with Gasteiger partial charge < -0.3 is 15.4 Å². The smallest absolute Gasteiger partial charge is 0.281 e. The molecular formula is C24H22BrF2N4O4S+. The number of nitrogens with one attached hydrogen (secondary N) is 3. The molecule has 1 aromatic heterocycles. The fourth-order valence-electron chi connectivity index (χ4n) is 3.65. The molecule has 188 valence electrons. The molecule has 12 heteroatoms. The Kier molecular flexibility index (Phi) is 7.50. The molecule has 0 fully saturated rings. The summed E-state index contributed by atoms with van der Waals surface area (Å²) in [6.45, 7) is 2.34. The molecule has 1 heterocycles. The van der Waals surface area contributed by atoms with Crippen LogP contribution in [0, 0.1) is 11.6 Å². The van der Waals surface area contributed by atoms with Gasteiger partial charge in [0.2, 0.25) is 4.90 Å². The van der Waals surface area contributed by atoms with Crippen LogP contribution < -0.4 is 10.6 Å². The Labute approximate surface area is 214 Å². The number of benzene rings is 3. The summed E-state index contributed by atoms with van der Waals surface area (Å²) in [6, 6.07) is 11.5. The second-order valence-corrected chi connectivity index (χ2v) is 11.0. The summed E-state index contributed by atoms with van der Waals surface area (Å²) in [6.07, 6.45) is 0. The minimum Gasteiger partial charge on any atom is -0.383 e. The molecule has 0 aliphatic heterocycles. The first-order chi connectivity index (χ1) is 17.1. The quantitative estimate of drug-likeness (QED) is 0.199. The number of halogens is 3. The summed E-state index contributed by atoms with van der Waals surface area (Å²) in [7, 11) is -2.41. The molecule has 4 rings (SSSR count). The number of ether oxygens (including phenoxy) is 1. The molecule has 3 aromatic carbocycles. The van der Waals surface area contributed by atoms with Crippen molar-refractivity contribution < 1.29 is 27.1 Å². The van der Waals surface area contributed by atoms with E-state index < -0.39 is 32.7 Å². The maximum atomic E-state index is 13.7. The Morgan fingerprint density at radius 1 is 1.14 bits per heavy atom. The lowest BCUT2D eigenvalue weighted by Crippen LogP contribution is -2.23. The largest absolute Gasteiger partial charge is 0.383 e. The minimum absolute atomic E-state index is 0.0741. The van der Waals surface area contributed by atoms with Gasteiger partial charge in [-0.1, -0.05) is 20.1 Å². The van der Waals surface area contributed by atoms with E-state index in [1.165, 1.54) is 18.2 Å². The zero-order chi connectivity index (χ0) is 26.0. The fraction of sp³-hybridized carbons (Fsp3) is 0.167. The predicted molar refractivity (Wildman–Crippen MR) is 137 cm³/mol. The first-order valence-corrected chi connectivity index (χ1v) is 13.0. The number of H-pyrrole nitrogens is 1. The van der Waals surface area contributed by atoms with Crippen molar-refractivity contribution in [3.05, 3.63) is 76.3 Å². The number of anilines is 2. The van der Waals surface area contributed by atoms with Gasteiger partial charge in [0.1, 0.15) is 11.6 Å². The van der Waals surface area contributed by atoms with Crippen LogP contribution in [0.25, 0.3) is 10.9 Å². The summed E-state index contributed by atoms with van der Waals surface area (Å²) >= 11 is 3.40. The number of amides is 1. The van der Waals surface area contributed by atoms with E-state index in [9.17, 15) is 22.3 Å². The Hall–Kier alpha value is -3.19. The van der Waals surface area contributed by atoms with Crippen LogP contribution in [-0.2, 0) is 19.2 Å². The second kappa shape index (κ2) is 10.4. The van der Waals surface area contributed by atoms with Gasteiger partial charge in [-0.15, -0.1) is 0 Å². The van der Waals surface area contributed by atoms with Crippen molar-refractivity contribution in [3.8, 4) is 0 Å². The molecule has 0 aliphatic carbocycles. The van der Waals surface area contributed by atoms with E-state index in [4.69, 9.17) is 4.74 Å². The van der Waals surface area contributed by atoms with Crippen molar-refractivity contribution in [1.29, 1.82) is 0 Å². The summed E-state index contributed by atoms with van der Waals surface area (Å²) in [5.74, 6) is -2.28. The van der Waals surface area contributed by atoms with Crippen molar-refractivity contribution in [2.24, 2.45) is 0 Å². The van der Waals surface area contributed by atoms with E-state index in [1.807, 2.05) is 6.92 Å². The van der Waals surface area contributed by atoms with Crippen LogP contribution in [0.1, 0.15) is 17.3 Å². The van der Waals surface area contributed by atoms with Crippen molar-refractivity contribution in [2.75, 3.05) is 24.4 Å². The SMILES string of the molecule is COC[C@@H](C)Nc1cc(Br)ccc1C(=O)Nc1n[nH]c2ccc([S+](=O)(O)c3cc(F)cc(F)c3)cc12. The number of carbonyl (C=O) groups excluding carboxylic acids is 1. The summed E-state index contributed by atoms with van der Waals surface area (Å²) in [4.78, 5) is 12.7. The molecular weight excluding hydrogens is 558 g/mol. The number of aromatic nitrogens is 2. The van der Waals surface area contributed by atoms with Gasteiger partial charge >= 0.3 is 0 Å². The fourth-order valence-corrected chi connectivity index (χ4v) is 5.36. The summed E-state index contributed by atoms with van der Waals surface area (Å²) in [5.41, 5.74) is 1.39. The molecule has 0 aliphatic rings. The number of hydrogen-bond acceptors (Lipinski definition) is 5. The van der Waals surface area contributed by atoms with E-state index >= 15 is 0 Å². The average molecular weight is 580 g/mol. The highest BCUT2D eigenvalue weighted by Crippen LogP contribution is 2.32. The highest BCUT2D eigenvalue weighted by molar-refractivity contribution is 9.10. The van der Waals surface area contributed by atoms with Gasteiger partial charge in [-0.3, -0.25) is 9.89 Å².